The first kappa shape index (κ1) is 18.5. The number of anilines is 1. The van der Waals surface area contributed by atoms with Crippen LogP contribution in [0, 0.1) is 6.92 Å². The summed E-state index contributed by atoms with van der Waals surface area (Å²) in [4.78, 5) is 18.3. The van der Waals surface area contributed by atoms with Crippen molar-refractivity contribution in [2.75, 3.05) is 44.4 Å². The van der Waals surface area contributed by atoms with Gasteiger partial charge >= 0.3 is 6.03 Å². The molecule has 2 rings (SSSR count). The molecular formula is C15H24N4O4S. The molecule has 0 spiro atoms. The second-order valence-corrected chi connectivity index (χ2v) is 7.71. The minimum Gasteiger partial charge on any atom is -0.476 e. The van der Waals surface area contributed by atoms with E-state index in [1.807, 2.05) is 13.8 Å². The van der Waals surface area contributed by atoms with Gasteiger partial charge in [-0.05, 0) is 31.9 Å². The molecule has 8 nitrogen and oxygen atoms in total. The fourth-order valence-electron chi connectivity index (χ4n) is 2.52. The molecular weight excluding hydrogens is 332 g/mol. The summed E-state index contributed by atoms with van der Waals surface area (Å²) < 4.78 is 30.1. The molecule has 0 aliphatic carbocycles. The number of ether oxygens (including phenoxy) is 1. The predicted molar refractivity (Wildman–Crippen MR) is 91.8 cm³/mol. The lowest BCUT2D eigenvalue weighted by atomic mass is 10.3. The van der Waals surface area contributed by atoms with Gasteiger partial charge in [0.25, 0.3) is 0 Å². The van der Waals surface area contributed by atoms with Crippen LogP contribution in [0.2, 0.25) is 0 Å². The van der Waals surface area contributed by atoms with E-state index in [2.05, 4.69) is 10.3 Å². The molecule has 0 unspecified atom stereocenters. The van der Waals surface area contributed by atoms with Crippen LogP contribution in [-0.2, 0) is 10.0 Å². The van der Waals surface area contributed by atoms with Crippen LogP contribution in [0.4, 0.5) is 10.5 Å². The quantitative estimate of drug-likeness (QED) is 0.878. The summed E-state index contributed by atoms with van der Waals surface area (Å²) in [6, 6.07) is 1.52. The Bertz CT molecular complexity index is 693. The molecule has 24 heavy (non-hydrogen) atoms. The third-order valence-electron chi connectivity index (χ3n) is 3.72. The molecule has 0 bridgehead atoms. The van der Waals surface area contributed by atoms with Gasteiger partial charge < -0.3 is 15.0 Å². The second kappa shape index (κ2) is 7.80. The topological polar surface area (TPSA) is 91.8 Å². The van der Waals surface area contributed by atoms with E-state index in [1.54, 1.807) is 17.2 Å². The molecule has 1 aromatic heterocycles. The first-order valence-corrected chi connectivity index (χ1v) is 9.76. The van der Waals surface area contributed by atoms with E-state index < -0.39 is 10.0 Å². The second-order valence-electron chi connectivity index (χ2n) is 5.73. The summed E-state index contributed by atoms with van der Waals surface area (Å²) in [6.07, 6.45) is 3.47. The zero-order valence-electron chi connectivity index (χ0n) is 14.3. The van der Waals surface area contributed by atoms with Crippen molar-refractivity contribution in [2.24, 2.45) is 0 Å². The first-order valence-electron chi connectivity index (χ1n) is 7.91. The molecule has 1 fully saturated rings. The highest BCUT2D eigenvalue weighted by molar-refractivity contribution is 7.88. The smallest absolute Gasteiger partial charge is 0.322 e. The predicted octanol–water partition coefficient (Wildman–Crippen LogP) is 1.29. The van der Waals surface area contributed by atoms with Crippen molar-refractivity contribution >= 4 is 21.7 Å². The van der Waals surface area contributed by atoms with Crippen LogP contribution in [0.15, 0.2) is 12.3 Å². The van der Waals surface area contributed by atoms with Crippen LogP contribution in [0.1, 0.15) is 18.9 Å². The molecule has 0 atom stereocenters. The zero-order chi connectivity index (χ0) is 17.7. The first-order chi connectivity index (χ1) is 11.3. The highest BCUT2D eigenvalue weighted by atomic mass is 32.2. The Hall–Kier alpha value is -1.87. The van der Waals surface area contributed by atoms with E-state index in [0.29, 0.717) is 50.8 Å². The van der Waals surface area contributed by atoms with Gasteiger partial charge in [-0.25, -0.2) is 22.5 Å². The Labute approximate surface area is 142 Å². The summed E-state index contributed by atoms with van der Waals surface area (Å²) in [7, 11) is -3.23. The van der Waals surface area contributed by atoms with Crippen molar-refractivity contribution in [1.82, 2.24) is 14.2 Å². The summed E-state index contributed by atoms with van der Waals surface area (Å²) >= 11 is 0. The lowest BCUT2D eigenvalue weighted by Gasteiger charge is -2.22. The average Bonchev–Trinajstić information content (AvgIpc) is 2.76. The van der Waals surface area contributed by atoms with Crippen molar-refractivity contribution < 1.29 is 17.9 Å². The average molecular weight is 356 g/mol. The molecule has 0 saturated carbocycles. The third-order valence-corrected chi connectivity index (χ3v) is 5.02. The van der Waals surface area contributed by atoms with E-state index in [-0.39, 0.29) is 6.03 Å². The number of sulfonamides is 1. The minimum atomic E-state index is -3.23. The van der Waals surface area contributed by atoms with Crippen molar-refractivity contribution in [2.45, 2.75) is 20.3 Å². The number of nitrogens with zero attached hydrogens (tertiary/aromatic N) is 3. The van der Waals surface area contributed by atoms with E-state index in [0.717, 1.165) is 5.56 Å². The number of carbonyl (C=O) groups excluding carboxylic acids is 1. The van der Waals surface area contributed by atoms with Crippen LogP contribution in [0.3, 0.4) is 0 Å². The van der Waals surface area contributed by atoms with Crippen molar-refractivity contribution in [3.63, 3.8) is 0 Å². The van der Waals surface area contributed by atoms with Gasteiger partial charge in [0.1, 0.15) is 5.69 Å². The van der Waals surface area contributed by atoms with Crippen LogP contribution in [-0.4, -0.2) is 67.7 Å². The van der Waals surface area contributed by atoms with Crippen LogP contribution in [0.25, 0.3) is 0 Å². The van der Waals surface area contributed by atoms with E-state index in [1.165, 1.54) is 10.6 Å². The van der Waals surface area contributed by atoms with Crippen LogP contribution < -0.4 is 10.1 Å². The molecule has 2 amide bonds. The molecule has 1 saturated heterocycles. The van der Waals surface area contributed by atoms with E-state index >= 15 is 0 Å². The van der Waals surface area contributed by atoms with E-state index in [9.17, 15) is 13.2 Å². The van der Waals surface area contributed by atoms with Gasteiger partial charge in [-0.3, -0.25) is 0 Å². The lowest BCUT2D eigenvalue weighted by Crippen LogP contribution is -2.39. The number of hydrogen-bond acceptors (Lipinski definition) is 5. The Balaban J connectivity index is 2.06. The largest absolute Gasteiger partial charge is 0.476 e. The molecule has 2 heterocycles. The summed E-state index contributed by atoms with van der Waals surface area (Å²) in [5, 5.41) is 2.82. The SMILES string of the molecule is CCOc1ncc(C)cc1NC(=O)N1CCCN(S(C)(=O)=O)CC1. The summed E-state index contributed by atoms with van der Waals surface area (Å²) in [5.41, 5.74) is 1.43. The van der Waals surface area contributed by atoms with Gasteiger partial charge in [0.2, 0.25) is 15.9 Å². The van der Waals surface area contributed by atoms with Crippen molar-refractivity contribution in [3.05, 3.63) is 17.8 Å². The number of rotatable bonds is 4. The summed E-state index contributed by atoms with van der Waals surface area (Å²) in [6.45, 7) is 5.76. The summed E-state index contributed by atoms with van der Waals surface area (Å²) in [5.74, 6) is 0.379. The van der Waals surface area contributed by atoms with Gasteiger partial charge in [-0.1, -0.05) is 0 Å². The van der Waals surface area contributed by atoms with Gasteiger partial charge in [0.05, 0.1) is 12.9 Å². The minimum absolute atomic E-state index is 0.279. The Morgan fingerprint density at radius 1 is 1.33 bits per heavy atom. The maximum atomic E-state index is 12.5. The van der Waals surface area contributed by atoms with Gasteiger partial charge in [-0.2, -0.15) is 0 Å². The van der Waals surface area contributed by atoms with Crippen molar-refractivity contribution in [3.8, 4) is 5.88 Å². The molecule has 0 aromatic carbocycles. The molecule has 1 N–H and O–H groups in total. The fourth-order valence-corrected chi connectivity index (χ4v) is 3.39. The monoisotopic (exact) mass is 356 g/mol. The van der Waals surface area contributed by atoms with Crippen molar-refractivity contribution in [1.29, 1.82) is 0 Å². The number of urea groups is 1. The molecule has 1 aliphatic rings. The zero-order valence-corrected chi connectivity index (χ0v) is 15.1. The lowest BCUT2D eigenvalue weighted by molar-refractivity contribution is 0.214. The molecule has 1 aliphatic heterocycles. The van der Waals surface area contributed by atoms with Gasteiger partial charge in [0.15, 0.2) is 0 Å². The number of amides is 2. The number of hydrogen-bond donors (Lipinski definition) is 1. The number of aromatic nitrogens is 1. The fraction of sp³-hybridized carbons (Fsp3) is 0.600. The van der Waals surface area contributed by atoms with E-state index in [4.69, 9.17) is 4.74 Å². The Morgan fingerprint density at radius 2 is 2.08 bits per heavy atom. The number of carbonyl (C=O) groups is 1. The highest BCUT2D eigenvalue weighted by Gasteiger charge is 2.24. The Kier molecular flexibility index (Phi) is 6.00. The number of aryl methyl sites for hydroxylation is 1. The van der Waals surface area contributed by atoms with Gasteiger partial charge in [0, 0.05) is 32.4 Å². The number of pyridine rings is 1. The molecule has 1 aromatic rings. The maximum Gasteiger partial charge on any atom is 0.322 e. The third kappa shape index (κ3) is 4.81. The molecule has 0 radical (unpaired) electrons. The van der Waals surface area contributed by atoms with Crippen LogP contribution >= 0.6 is 0 Å². The Morgan fingerprint density at radius 3 is 2.75 bits per heavy atom. The normalized spacial score (nSPS) is 16.5. The van der Waals surface area contributed by atoms with Crippen LogP contribution in [0.5, 0.6) is 5.88 Å². The maximum absolute atomic E-state index is 12.5. The highest BCUT2D eigenvalue weighted by Crippen LogP contribution is 2.23. The molecule has 9 heteroatoms. The molecule has 134 valence electrons. The number of nitrogens with one attached hydrogen (secondary N) is 1. The van der Waals surface area contributed by atoms with Gasteiger partial charge in [-0.15, -0.1) is 0 Å². The standard InChI is InChI=1S/C15H24N4O4S/c1-4-23-14-13(10-12(2)11-16-14)17-15(20)18-6-5-7-19(9-8-18)24(3,21)22/h10-11H,4-9H2,1-3H3,(H,17,20).